The highest BCUT2D eigenvalue weighted by Gasteiger charge is 2.29. The van der Waals surface area contributed by atoms with Gasteiger partial charge in [-0.15, -0.1) is 0 Å². The van der Waals surface area contributed by atoms with Crippen molar-refractivity contribution in [3.05, 3.63) is 59.8 Å². The molecular weight excluding hydrogens is 252 g/mol. The van der Waals surface area contributed by atoms with Gasteiger partial charge in [0.15, 0.2) is 5.78 Å². The second kappa shape index (κ2) is 5.25. The summed E-state index contributed by atoms with van der Waals surface area (Å²) in [4.78, 5) is 27.9. The van der Waals surface area contributed by atoms with Crippen molar-refractivity contribution in [1.29, 1.82) is 0 Å². The molecule has 3 rings (SSSR count). The molecule has 1 saturated carbocycles. The first kappa shape index (κ1) is 12.5. The first-order valence-corrected chi connectivity index (χ1v) is 6.61. The van der Waals surface area contributed by atoms with Gasteiger partial charge in [0, 0.05) is 23.2 Å². The Kier molecular flexibility index (Phi) is 3.29. The lowest BCUT2D eigenvalue weighted by molar-refractivity contribution is -0.117. The first-order valence-electron chi connectivity index (χ1n) is 6.61. The van der Waals surface area contributed by atoms with Crippen LogP contribution < -0.4 is 5.32 Å². The van der Waals surface area contributed by atoms with Crippen molar-refractivity contribution in [1.82, 2.24) is 4.98 Å². The second-order valence-corrected chi connectivity index (χ2v) is 4.89. The summed E-state index contributed by atoms with van der Waals surface area (Å²) in [5, 5.41) is 2.75. The van der Waals surface area contributed by atoms with E-state index in [0.717, 1.165) is 12.8 Å². The van der Waals surface area contributed by atoms with Crippen molar-refractivity contribution in [3.8, 4) is 0 Å². The molecule has 1 aliphatic carbocycles. The van der Waals surface area contributed by atoms with E-state index in [0.29, 0.717) is 16.9 Å². The van der Waals surface area contributed by atoms with Gasteiger partial charge in [0.05, 0.1) is 0 Å². The Labute approximate surface area is 116 Å². The molecule has 0 atom stereocenters. The first-order chi connectivity index (χ1) is 9.74. The molecule has 100 valence electrons. The molecule has 1 aromatic carbocycles. The smallest absolute Gasteiger partial charge is 0.228 e. The average Bonchev–Trinajstić information content (AvgIpc) is 3.33. The number of amides is 1. The minimum atomic E-state index is -0.0711. The Hall–Kier alpha value is -2.49. The van der Waals surface area contributed by atoms with Gasteiger partial charge in [0.1, 0.15) is 5.82 Å². The summed E-state index contributed by atoms with van der Waals surface area (Å²) in [6, 6.07) is 12.4. The van der Waals surface area contributed by atoms with Crippen molar-refractivity contribution in [3.63, 3.8) is 0 Å². The fourth-order valence-corrected chi connectivity index (χ4v) is 1.93. The lowest BCUT2D eigenvalue weighted by Gasteiger charge is -2.04. The fourth-order valence-electron chi connectivity index (χ4n) is 1.93. The highest BCUT2D eigenvalue weighted by molar-refractivity contribution is 6.08. The van der Waals surface area contributed by atoms with Crippen LogP contribution in [0.25, 0.3) is 0 Å². The number of benzene rings is 1. The Morgan fingerprint density at radius 2 is 1.75 bits per heavy atom. The van der Waals surface area contributed by atoms with Crippen LogP contribution in [0.3, 0.4) is 0 Å². The zero-order valence-corrected chi connectivity index (χ0v) is 10.9. The lowest BCUT2D eigenvalue weighted by atomic mass is 10.1. The maximum Gasteiger partial charge on any atom is 0.228 e. The zero-order chi connectivity index (χ0) is 13.9. The molecule has 1 heterocycles. The highest BCUT2D eigenvalue weighted by Crippen LogP contribution is 2.29. The average molecular weight is 266 g/mol. The summed E-state index contributed by atoms with van der Waals surface area (Å²) >= 11 is 0. The number of anilines is 1. The topological polar surface area (TPSA) is 59.1 Å². The normalized spacial score (nSPS) is 13.8. The van der Waals surface area contributed by atoms with E-state index in [9.17, 15) is 9.59 Å². The van der Waals surface area contributed by atoms with Crippen molar-refractivity contribution < 1.29 is 9.59 Å². The monoisotopic (exact) mass is 266 g/mol. The minimum Gasteiger partial charge on any atom is -0.310 e. The van der Waals surface area contributed by atoms with Gasteiger partial charge >= 0.3 is 0 Å². The van der Waals surface area contributed by atoms with E-state index in [1.807, 2.05) is 18.2 Å². The summed E-state index contributed by atoms with van der Waals surface area (Å²) in [6.07, 6.45) is 3.41. The van der Waals surface area contributed by atoms with Gasteiger partial charge < -0.3 is 5.32 Å². The quantitative estimate of drug-likeness (QED) is 0.865. The molecule has 1 amide bonds. The standard InChI is InChI=1S/C16H14N2O2/c19-15(11-4-2-1-3-5-11)13-8-9-14(17-10-13)18-16(20)12-6-7-12/h1-5,8-10,12H,6-7H2,(H,17,18,20). The maximum absolute atomic E-state index is 12.2. The van der Waals surface area contributed by atoms with Crippen LogP contribution in [-0.4, -0.2) is 16.7 Å². The Bertz CT molecular complexity index is 631. The number of hydrogen-bond acceptors (Lipinski definition) is 3. The number of ketones is 1. The number of hydrogen-bond donors (Lipinski definition) is 1. The number of aromatic nitrogens is 1. The third-order valence-corrected chi connectivity index (χ3v) is 3.26. The molecule has 0 saturated heterocycles. The molecule has 0 bridgehead atoms. The Balaban J connectivity index is 1.72. The molecule has 4 heteroatoms. The summed E-state index contributed by atoms with van der Waals surface area (Å²) in [7, 11) is 0. The number of carbonyl (C=O) groups is 2. The Morgan fingerprint density at radius 3 is 2.35 bits per heavy atom. The van der Waals surface area contributed by atoms with Gasteiger partial charge in [0.25, 0.3) is 0 Å². The summed E-state index contributed by atoms with van der Waals surface area (Å²) in [5.41, 5.74) is 1.14. The van der Waals surface area contributed by atoms with E-state index in [2.05, 4.69) is 10.3 Å². The van der Waals surface area contributed by atoms with Crippen molar-refractivity contribution in [2.24, 2.45) is 5.92 Å². The van der Waals surface area contributed by atoms with Crippen molar-refractivity contribution in [2.45, 2.75) is 12.8 Å². The summed E-state index contributed by atoms with van der Waals surface area (Å²) < 4.78 is 0. The van der Waals surface area contributed by atoms with E-state index < -0.39 is 0 Å². The molecular formula is C16H14N2O2. The molecule has 1 fully saturated rings. The largest absolute Gasteiger partial charge is 0.310 e. The van der Waals surface area contributed by atoms with E-state index in [4.69, 9.17) is 0 Å². The predicted molar refractivity (Wildman–Crippen MR) is 75.5 cm³/mol. The third kappa shape index (κ3) is 2.74. The van der Waals surface area contributed by atoms with Crippen molar-refractivity contribution in [2.75, 3.05) is 5.32 Å². The highest BCUT2D eigenvalue weighted by atomic mass is 16.2. The molecule has 0 unspecified atom stereocenters. The summed E-state index contributed by atoms with van der Waals surface area (Å²) in [6.45, 7) is 0. The third-order valence-electron chi connectivity index (χ3n) is 3.26. The van der Waals surface area contributed by atoms with E-state index >= 15 is 0 Å². The van der Waals surface area contributed by atoms with E-state index in [1.165, 1.54) is 6.20 Å². The van der Waals surface area contributed by atoms with Crippen LogP contribution in [0, 0.1) is 5.92 Å². The number of rotatable bonds is 4. The van der Waals surface area contributed by atoms with E-state index in [1.54, 1.807) is 24.3 Å². The van der Waals surface area contributed by atoms with Crippen LogP contribution in [0.1, 0.15) is 28.8 Å². The number of pyridine rings is 1. The van der Waals surface area contributed by atoms with Gasteiger partial charge in [-0.25, -0.2) is 4.98 Å². The van der Waals surface area contributed by atoms with Crippen LogP contribution in [0.2, 0.25) is 0 Å². The fraction of sp³-hybridized carbons (Fsp3) is 0.188. The SMILES string of the molecule is O=C(c1ccccc1)c1ccc(NC(=O)C2CC2)nc1. The molecule has 1 aromatic heterocycles. The van der Waals surface area contributed by atoms with Crippen LogP contribution in [0.4, 0.5) is 5.82 Å². The van der Waals surface area contributed by atoms with Crippen molar-refractivity contribution >= 4 is 17.5 Å². The lowest BCUT2D eigenvalue weighted by Crippen LogP contribution is -2.14. The zero-order valence-electron chi connectivity index (χ0n) is 10.9. The number of nitrogens with one attached hydrogen (secondary N) is 1. The van der Waals surface area contributed by atoms with Gasteiger partial charge in [-0.3, -0.25) is 9.59 Å². The molecule has 4 nitrogen and oxygen atoms in total. The summed E-state index contributed by atoms with van der Waals surface area (Å²) in [5.74, 6) is 0.576. The molecule has 0 radical (unpaired) electrons. The molecule has 1 aliphatic rings. The van der Waals surface area contributed by atoms with Crippen LogP contribution in [0.15, 0.2) is 48.7 Å². The molecule has 0 aliphatic heterocycles. The number of nitrogens with zero attached hydrogens (tertiary/aromatic N) is 1. The number of carbonyl (C=O) groups excluding carboxylic acids is 2. The minimum absolute atomic E-state index is 0.0136. The predicted octanol–water partition coefficient (Wildman–Crippen LogP) is 2.66. The van der Waals surface area contributed by atoms with Crippen LogP contribution in [-0.2, 0) is 4.79 Å². The van der Waals surface area contributed by atoms with Gasteiger partial charge in [-0.2, -0.15) is 0 Å². The van der Waals surface area contributed by atoms with Gasteiger partial charge in [-0.05, 0) is 25.0 Å². The second-order valence-electron chi connectivity index (χ2n) is 4.89. The molecule has 1 N–H and O–H groups in total. The van der Waals surface area contributed by atoms with E-state index in [-0.39, 0.29) is 17.6 Å². The van der Waals surface area contributed by atoms with Crippen LogP contribution in [0.5, 0.6) is 0 Å². The maximum atomic E-state index is 12.2. The Morgan fingerprint density at radius 1 is 1.00 bits per heavy atom. The van der Waals surface area contributed by atoms with Gasteiger partial charge in [-0.1, -0.05) is 30.3 Å². The van der Waals surface area contributed by atoms with Crippen LogP contribution >= 0.6 is 0 Å². The van der Waals surface area contributed by atoms with Gasteiger partial charge in [0.2, 0.25) is 5.91 Å². The molecule has 0 spiro atoms. The molecule has 2 aromatic rings. The molecule has 20 heavy (non-hydrogen) atoms.